The molecule has 0 radical (unpaired) electrons. The number of rotatable bonds is 9. The lowest BCUT2D eigenvalue weighted by atomic mass is 9.86. The zero-order valence-electron chi connectivity index (χ0n) is 31.3. The van der Waals surface area contributed by atoms with Crippen LogP contribution in [0, 0.1) is 6.92 Å². The maximum absolute atomic E-state index is 13.6. The molecule has 2 aliphatic heterocycles. The molecule has 6 aromatic rings. The van der Waals surface area contributed by atoms with E-state index in [4.69, 9.17) is 18.9 Å². The third-order valence-corrected chi connectivity index (χ3v) is 9.55. The Morgan fingerprint density at radius 1 is 0.429 bits per heavy atom. The SMILES string of the molecule is Cc1ccc(Oc2ccc(Oc3ccc(N4C(=O)c5ccc(Oc6ccc(Oc7ccc8c(c7)C(=O)N(C)C8=O)c(C(C)(C)C)c6)cc5C4=O)cc3)cc2)cc1. The van der Waals surface area contributed by atoms with Crippen molar-refractivity contribution in [3.8, 4) is 46.0 Å². The van der Waals surface area contributed by atoms with E-state index in [2.05, 4.69) is 0 Å². The van der Waals surface area contributed by atoms with Crippen molar-refractivity contribution in [1.82, 2.24) is 4.90 Å². The molecule has 0 unspecified atom stereocenters. The molecule has 0 atom stereocenters. The first-order chi connectivity index (χ1) is 26.8. The van der Waals surface area contributed by atoms with Crippen LogP contribution in [0.5, 0.6) is 46.0 Å². The van der Waals surface area contributed by atoms with Crippen LogP contribution in [-0.4, -0.2) is 35.6 Å². The molecule has 0 spiro atoms. The Morgan fingerprint density at radius 2 is 0.821 bits per heavy atom. The van der Waals surface area contributed by atoms with Crippen molar-refractivity contribution in [2.45, 2.75) is 33.1 Å². The van der Waals surface area contributed by atoms with Gasteiger partial charge in [-0.15, -0.1) is 0 Å². The number of anilines is 1. The van der Waals surface area contributed by atoms with Crippen molar-refractivity contribution < 1.29 is 38.1 Å². The summed E-state index contributed by atoms with van der Waals surface area (Å²) < 4.78 is 24.4. The molecule has 0 saturated heterocycles. The Hall–Kier alpha value is -7.20. The van der Waals surface area contributed by atoms with Gasteiger partial charge in [0.15, 0.2) is 0 Å². The van der Waals surface area contributed by atoms with E-state index in [0.717, 1.165) is 26.7 Å². The maximum atomic E-state index is 13.6. The molecule has 56 heavy (non-hydrogen) atoms. The van der Waals surface area contributed by atoms with Gasteiger partial charge in [-0.1, -0.05) is 38.5 Å². The zero-order chi connectivity index (χ0) is 39.3. The monoisotopic (exact) mass is 744 g/mol. The van der Waals surface area contributed by atoms with E-state index < -0.39 is 11.8 Å². The molecule has 2 aliphatic rings. The van der Waals surface area contributed by atoms with Crippen LogP contribution < -0.4 is 23.8 Å². The quantitative estimate of drug-likeness (QED) is 0.135. The molecule has 0 aliphatic carbocycles. The number of hydrogen-bond donors (Lipinski definition) is 0. The third-order valence-electron chi connectivity index (χ3n) is 9.55. The molecule has 4 amide bonds. The van der Waals surface area contributed by atoms with Gasteiger partial charge in [0.1, 0.15) is 46.0 Å². The number of benzene rings is 6. The normalized spacial score (nSPS) is 13.5. The fraction of sp³-hybridized carbons (Fsp3) is 0.130. The Morgan fingerprint density at radius 3 is 1.39 bits per heavy atom. The zero-order valence-corrected chi connectivity index (χ0v) is 31.3. The van der Waals surface area contributed by atoms with Crippen LogP contribution in [0.4, 0.5) is 5.69 Å². The van der Waals surface area contributed by atoms with Crippen molar-refractivity contribution in [2.24, 2.45) is 0 Å². The summed E-state index contributed by atoms with van der Waals surface area (Å²) in [5, 5.41) is 0. The van der Waals surface area contributed by atoms with Gasteiger partial charge in [-0.25, -0.2) is 4.90 Å². The van der Waals surface area contributed by atoms with Crippen molar-refractivity contribution in [1.29, 1.82) is 0 Å². The lowest BCUT2D eigenvalue weighted by Gasteiger charge is -2.23. The second kappa shape index (κ2) is 13.9. The van der Waals surface area contributed by atoms with E-state index in [1.807, 2.05) is 70.2 Å². The van der Waals surface area contributed by atoms with E-state index in [1.54, 1.807) is 84.9 Å². The molecule has 10 nitrogen and oxygen atoms in total. The molecular weight excluding hydrogens is 709 g/mol. The van der Waals surface area contributed by atoms with Gasteiger partial charge >= 0.3 is 0 Å². The second-order valence-electron chi connectivity index (χ2n) is 14.6. The summed E-state index contributed by atoms with van der Waals surface area (Å²) in [6.45, 7) is 8.12. The standard InChI is InChI=1S/C46H36N2O8/c1-27-6-10-29(11-7-27)53-31-14-16-32(17-15-31)54-30-12-8-28(9-13-30)48-44(51)37-22-18-33(24-39(37)45(48)52)55-35-20-23-41(40(26-35)46(2,3)4)56-34-19-21-36-38(25-34)43(50)47(5)42(36)49/h6-26H,1-5H3. The number of nitrogens with zero attached hydrogens (tertiary/aromatic N) is 2. The van der Waals surface area contributed by atoms with Gasteiger partial charge in [0, 0.05) is 12.6 Å². The first-order valence-electron chi connectivity index (χ1n) is 17.9. The Bertz CT molecular complexity index is 2550. The first-order valence-corrected chi connectivity index (χ1v) is 17.9. The predicted octanol–water partition coefficient (Wildman–Crippen LogP) is 10.5. The lowest BCUT2D eigenvalue weighted by Crippen LogP contribution is -2.29. The van der Waals surface area contributed by atoms with Crippen LogP contribution >= 0.6 is 0 Å². The number of aryl methyl sites for hydroxylation is 1. The van der Waals surface area contributed by atoms with Crippen LogP contribution in [0.25, 0.3) is 0 Å². The number of amides is 4. The lowest BCUT2D eigenvalue weighted by molar-refractivity contribution is 0.0692. The smallest absolute Gasteiger partial charge is 0.266 e. The average molecular weight is 745 g/mol. The van der Waals surface area contributed by atoms with Crippen molar-refractivity contribution in [3.05, 3.63) is 161 Å². The molecule has 10 heteroatoms. The van der Waals surface area contributed by atoms with Gasteiger partial charge in [0.2, 0.25) is 0 Å². The maximum Gasteiger partial charge on any atom is 0.266 e. The summed E-state index contributed by atoms with van der Waals surface area (Å²) in [5.41, 5.74) is 3.15. The van der Waals surface area contributed by atoms with E-state index in [9.17, 15) is 19.2 Å². The molecule has 6 aromatic carbocycles. The van der Waals surface area contributed by atoms with Crippen molar-refractivity contribution in [2.75, 3.05) is 11.9 Å². The number of carbonyl (C=O) groups is 4. The predicted molar refractivity (Wildman–Crippen MR) is 210 cm³/mol. The van der Waals surface area contributed by atoms with Crippen LogP contribution in [-0.2, 0) is 5.41 Å². The topological polar surface area (TPSA) is 112 Å². The van der Waals surface area contributed by atoms with Crippen LogP contribution in [0.2, 0.25) is 0 Å². The van der Waals surface area contributed by atoms with Crippen molar-refractivity contribution >= 4 is 29.3 Å². The van der Waals surface area contributed by atoms with E-state index in [0.29, 0.717) is 57.1 Å². The van der Waals surface area contributed by atoms with Gasteiger partial charge in [-0.05, 0) is 128 Å². The summed E-state index contributed by atoms with van der Waals surface area (Å²) in [7, 11) is 1.45. The minimum absolute atomic E-state index is 0.229. The molecule has 8 rings (SSSR count). The fourth-order valence-corrected chi connectivity index (χ4v) is 6.55. The molecule has 278 valence electrons. The number of carbonyl (C=O) groups excluding carboxylic acids is 4. The number of ether oxygens (including phenoxy) is 4. The first kappa shape index (κ1) is 35.8. The Kier molecular flexibility index (Phi) is 8.89. The Balaban J connectivity index is 0.948. The summed E-state index contributed by atoms with van der Waals surface area (Å²) in [5.74, 6) is 2.78. The van der Waals surface area contributed by atoms with Gasteiger partial charge in [0.05, 0.1) is 27.9 Å². The largest absolute Gasteiger partial charge is 0.457 e. The highest BCUT2D eigenvalue weighted by Crippen LogP contribution is 2.40. The molecule has 2 heterocycles. The number of fused-ring (bicyclic) bond motifs is 2. The van der Waals surface area contributed by atoms with Crippen LogP contribution in [0.1, 0.15) is 73.3 Å². The second-order valence-corrected chi connectivity index (χ2v) is 14.6. The van der Waals surface area contributed by atoms with E-state index in [1.165, 1.54) is 7.05 Å². The average Bonchev–Trinajstić information content (AvgIpc) is 3.56. The highest BCUT2D eigenvalue weighted by Gasteiger charge is 2.37. The van der Waals surface area contributed by atoms with E-state index >= 15 is 0 Å². The minimum Gasteiger partial charge on any atom is -0.457 e. The van der Waals surface area contributed by atoms with E-state index in [-0.39, 0.29) is 28.4 Å². The molecule has 0 bridgehead atoms. The summed E-state index contributed by atoms with van der Waals surface area (Å²) in [6.07, 6.45) is 0. The number of hydrogen-bond acceptors (Lipinski definition) is 8. The minimum atomic E-state index is -0.465. The number of imide groups is 2. The highest BCUT2D eigenvalue weighted by atomic mass is 16.5. The van der Waals surface area contributed by atoms with Gasteiger partial charge in [0.25, 0.3) is 23.6 Å². The Labute approximate surface area is 323 Å². The molecule has 0 aromatic heterocycles. The molecule has 0 saturated carbocycles. The fourth-order valence-electron chi connectivity index (χ4n) is 6.55. The third kappa shape index (κ3) is 6.84. The van der Waals surface area contributed by atoms with Crippen LogP contribution in [0.3, 0.4) is 0 Å². The summed E-state index contributed by atoms with van der Waals surface area (Å²) in [4.78, 5) is 54.2. The molecule has 0 fully saturated rings. The molecule has 0 N–H and O–H groups in total. The molecular formula is C46H36N2O8. The highest BCUT2D eigenvalue weighted by molar-refractivity contribution is 6.34. The van der Waals surface area contributed by atoms with Gasteiger partial charge in [-0.3, -0.25) is 24.1 Å². The van der Waals surface area contributed by atoms with Crippen LogP contribution in [0.15, 0.2) is 127 Å². The summed E-state index contributed by atoms with van der Waals surface area (Å²) >= 11 is 0. The summed E-state index contributed by atoms with van der Waals surface area (Å²) in [6, 6.07) is 36.8. The van der Waals surface area contributed by atoms with Gasteiger partial charge in [-0.2, -0.15) is 0 Å². The van der Waals surface area contributed by atoms with Crippen molar-refractivity contribution in [3.63, 3.8) is 0 Å². The van der Waals surface area contributed by atoms with Gasteiger partial charge < -0.3 is 18.9 Å².